The van der Waals surface area contributed by atoms with Crippen LogP contribution in [0.2, 0.25) is 0 Å². The van der Waals surface area contributed by atoms with Crippen molar-refractivity contribution < 1.29 is 41.7 Å². The highest BCUT2D eigenvalue weighted by Crippen LogP contribution is 2.53. The second-order valence-corrected chi connectivity index (χ2v) is 6.17. The van der Waals surface area contributed by atoms with E-state index >= 15 is 0 Å². The maximum Gasteiger partial charge on any atom is 0.426 e. The number of hydrogen-bond acceptors (Lipinski definition) is 3. The molecular formula is C12H18F6O3. The van der Waals surface area contributed by atoms with Gasteiger partial charge in [-0.1, -0.05) is 0 Å². The summed E-state index contributed by atoms with van der Waals surface area (Å²) in [6.07, 6.45) is -14.9. The van der Waals surface area contributed by atoms with E-state index in [0.29, 0.717) is 0 Å². The summed E-state index contributed by atoms with van der Waals surface area (Å²) in [5.74, 6) is -3.25. The highest BCUT2D eigenvalue weighted by Gasteiger charge is 2.74. The van der Waals surface area contributed by atoms with Crippen molar-refractivity contribution in [1.82, 2.24) is 0 Å². The third-order valence-corrected chi connectivity index (χ3v) is 4.14. The lowest BCUT2D eigenvalue weighted by Gasteiger charge is -2.46. The van der Waals surface area contributed by atoms with Gasteiger partial charge in [-0.3, -0.25) is 0 Å². The summed E-state index contributed by atoms with van der Waals surface area (Å²) >= 11 is 0. The first-order valence-electron chi connectivity index (χ1n) is 6.37. The molecule has 0 spiro atoms. The maximum atomic E-state index is 12.8. The summed E-state index contributed by atoms with van der Waals surface area (Å²) in [5, 5.41) is 28.7. The smallest absolute Gasteiger partial charge is 0.393 e. The Balaban J connectivity index is 3.20. The van der Waals surface area contributed by atoms with Crippen molar-refractivity contribution in [3.8, 4) is 0 Å². The Morgan fingerprint density at radius 3 is 1.48 bits per heavy atom. The number of rotatable bonds is 2. The van der Waals surface area contributed by atoms with Crippen LogP contribution in [0.3, 0.4) is 0 Å². The van der Waals surface area contributed by atoms with E-state index in [1.165, 1.54) is 13.8 Å². The summed E-state index contributed by atoms with van der Waals surface area (Å²) in [4.78, 5) is 0. The molecule has 1 fully saturated rings. The topological polar surface area (TPSA) is 60.7 Å². The van der Waals surface area contributed by atoms with Crippen molar-refractivity contribution in [3.05, 3.63) is 0 Å². The Morgan fingerprint density at radius 1 is 0.762 bits per heavy atom. The molecule has 3 nitrogen and oxygen atoms in total. The van der Waals surface area contributed by atoms with Crippen LogP contribution >= 0.6 is 0 Å². The molecule has 1 rings (SSSR count). The Kier molecular flexibility index (Phi) is 4.65. The fourth-order valence-corrected chi connectivity index (χ4v) is 2.83. The van der Waals surface area contributed by atoms with Crippen molar-refractivity contribution in [3.63, 3.8) is 0 Å². The monoisotopic (exact) mass is 324 g/mol. The van der Waals surface area contributed by atoms with Crippen LogP contribution in [0.4, 0.5) is 26.3 Å². The zero-order valence-corrected chi connectivity index (χ0v) is 11.5. The summed E-state index contributed by atoms with van der Waals surface area (Å²) in [6, 6.07) is 0. The van der Waals surface area contributed by atoms with Crippen molar-refractivity contribution in [2.24, 2.45) is 11.8 Å². The van der Waals surface area contributed by atoms with Gasteiger partial charge in [0.1, 0.15) is 0 Å². The zero-order valence-electron chi connectivity index (χ0n) is 11.5. The van der Waals surface area contributed by atoms with Crippen LogP contribution in [-0.2, 0) is 0 Å². The van der Waals surface area contributed by atoms with Gasteiger partial charge in [-0.25, -0.2) is 0 Å². The molecule has 0 radical (unpaired) electrons. The molecule has 3 unspecified atom stereocenters. The number of aliphatic hydroxyl groups excluding tert-OH is 1. The Hall–Kier alpha value is -0.540. The summed E-state index contributed by atoms with van der Waals surface area (Å²) < 4.78 is 76.9. The molecule has 1 saturated carbocycles. The van der Waals surface area contributed by atoms with Gasteiger partial charge < -0.3 is 15.3 Å². The molecule has 0 aromatic carbocycles. The van der Waals surface area contributed by atoms with Crippen LogP contribution in [0, 0.1) is 11.8 Å². The first-order chi connectivity index (χ1) is 9.10. The average Bonchev–Trinajstić information content (AvgIpc) is 2.22. The van der Waals surface area contributed by atoms with Gasteiger partial charge in [-0.05, 0) is 39.0 Å². The number of aliphatic hydroxyl groups is 3. The van der Waals surface area contributed by atoms with Crippen LogP contribution < -0.4 is 0 Å². The summed E-state index contributed by atoms with van der Waals surface area (Å²) in [5.41, 5.74) is -6.46. The van der Waals surface area contributed by atoms with Gasteiger partial charge in [0.25, 0.3) is 5.60 Å². The first-order valence-corrected chi connectivity index (χ1v) is 6.37. The largest absolute Gasteiger partial charge is 0.426 e. The lowest BCUT2D eigenvalue weighted by Crippen LogP contribution is -2.63. The minimum absolute atomic E-state index is 0.119. The number of hydrogen-bond donors (Lipinski definition) is 3. The highest BCUT2D eigenvalue weighted by atomic mass is 19.4. The second-order valence-electron chi connectivity index (χ2n) is 6.17. The van der Waals surface area contributed by atoms with E-state index in [0.717, 1.165) is 0 Å². The SMILES string of the molecule is CC(C)(O)C1CC(O)CC(C(O)(C(F)(F)F)C(F)(F)F)C1. The molecule has 3 atom stereocenters. The van der Waals surface area contributed by atoms with Gasteiger partial charge >= 0.3 is 12.4 Å². The van der Waals surface area contributed by atoms with E-state index in [4.69, 9.17) is 0 Å². The third kappa shape index (κ3) is 3.45. The average molecular weight is 324 g/mol. The van der Waals surface area contributed by atoms with Crippen molar-refractivity contribution in [2.75, 3.05) is 0 Å². The standard InChI is InChI=1S/C12H18F6O3/c1-9(2,20)6-3-7(5-8(19)4-6)10(21,11(13,14)15)12(16,17)18/h6-8,19-21H,3-5H2,1-2H3. The molecule has 1 aliphatic carbocycles. The van der Waals surface area contributed by atoms with Crippen LogP contribution in [0.25, 0.3) is 0 Å². The van der Waals surface area contributed by atoms with Crippen LogP contribution in [0.5, 0.6) is 0 Å². The van der Waals surface area contributed by atoms with Gasteiger partial charge in [0, 0.05) is 5.92 Å². The normalized spacial score (nSPS) is 29.6. The van der Waals surface area contributed by atoms with Crippen LogP contribution in [0.1, 0.15) is 33.1 Å². The van der Waals surface area contributed by atoms with Crippen molar-refractivity contribution in [2.45, 2.75) is 62.8 Å². The molecule has 0 saturated heterocycles. The molecule has 0 amide bonds. The van der Waals surface area contributed by atoms with Crippen LogP contribution in [0.15, 0.2) is 0 Å². The number of alkyl halides is 6. The van der Waals surface area contributed by atoms with E-state index in [2.05, 4.69) is 0 Å². The molecule has 126 valence electrons. The fourth-order valence-electron chi connectivity index (χ4n) is 2.83. The van der Waals surface area contributed by atoms with E-state index in [1.54, 1.807) is 0 Å². The Morgan fingerprint density at radius 2 is 1.14 bits per heavy atom. The van der Waals surface area contributed by atoms with Crippen molar-refractivity contribution in [1.29, 1.82) is 0 Å². The van der Waals surface area contributed by atoms with Gasteiger partial charge in [0.05, 0.1) is 11.7 Å². The lowest BCUT2D eigenvalue weighted by molar-refractivity contribution is -0.390. The zero-order chi connectivity index (χ0) is 16.9. The molecule has 1 aliphatic rings. The van der Waals surface area contributed by atoms with E-state index < -0.39 is 54.3 Å². The molecule has 0 aromatic rings. The maximum absolute atomic E-state index is 12.8. The quantitative estimate of drug-likeness (QED) is 0.684. The van der Waals surface area contributed by atoms with Gasteiger partial charge in [0.15, 0.2) is 0 Å². The van der Waals surface area contributed by atoms with Gasteiger partial charge in [0.2, 0.25) is 0 Å². The van der Waals surface area contributed by atoms with E-state index in [9.17, 15) is 41.7 Å². The molecule has 0 aromatic heterocycles. The third-order valence-electron chi connectivity index (χ3n) is 4.14. The fraction of sp³-hybridized carbons (Fsp3) is 1.00. The van der Waals surface area contributed by atoms with E-state index in [-0.39, 0.29) is 6.42 Å². The van der Waals surface area contributed by atoms with Gasteiger partial charge in [-0.2, -0.15) is 26.3 Å². The minimum atomic E-state index is -5.92. The molecule has 0 bridgehead atoms. The van der Waals surface area contributed by atoms with E-state index in [1.807, 2.05) is 0 Å². The summed E-state index contributed by atoms with van der Waals surface area (Å²) in [6.45, 7) is 2.49. The molecule has 9 heteroatoms. The molecular weight excluding hydrogens is 306 g/mol. The predicted octanol–water partition coefficient (Wildman–Crippen LogP) is 2.39. The molecule has 3 N–H and O–H groups in total. The van der Waals surface area contributed by atoms with Gasteiger partial charge in [-0.15, -0.1) is 0 Å². The van der Waals surface area contributed by atoms with Crippen LogP contribution in [-0.4, -0.2) is 45.0 Å². The molecule has 0 heterocycles. The Bertz CT molecular complexity index is 357. The summed E-state index contributed by atoms with van der Waals surface area (Å²) in [7, 11) is 0. The molecule has 0 aliphatic heterocycles. The highest BCUT2D eigenvalue weighted by molar-refractivity contribution is 5.03. The second kappa shape index (κ2) is 5.27. The molecule has 21 heavy (non-hydrogen) atoms. The first kappa shape index (κ1) is 18.5. The Labute approximate surface area is 117 Å². The number of halogens is 6. The minimum Gasteiger partial charge on any atom is -0.393 e. The lowest BCUT2D eigenvalue weighted by atomic mass is 9.67. The predicted molar refractivity (Wildman–Crippen MR) is 60.2 cm³/mol. The van der Waals surface area contributed by atoms with Crippen molar-refractivity contribution >= 4 is 0 Å².